The lowest BCUT2D eigenvalue weighted by atomic mass is 9.79. The molecule has 2 saturated heterocycles. The van der Waals surface area contributed by atoms with Gasteiger partial charge in [-0.15, -0.1) is 0 Å². The molecule has 1 aromatic carbocycles. The SMILES string of the molecule is CC1CC(NC=O)C(=O)N1CC(=O)N1CCC(N)(C(=O)NCc2cccc(B(O)O)c2)CC1. The summed E-state index contributed by atoms with van der Waals surface area (Å²) in [7, 11) is -1.59. The zero-order chi connectivity index (χ0) is 24.2. The molecule has 3 rings (SSSR count). The summed E-state index contributed by atoms with van der Waals surface area (Å²) in [6, 6.07) is 5.82. The van der Waals surface area contributed by atoms with E-state index < -0.39 is 18.7 Å². The van der Waals surface area contributed by atoms with Crippen LogP contribution < -0.4 is 21.8 Å². The summed E-state index contributed by atoms with van der Waals surface area (Å²) in [6.07, 6.45) is 1.50. The molecule has 0 radical (unpaired) electrons. The van der Waals surface area contributed by atoms with E-state index in [-0.39, 0.29) is 49.7 Å². The first-order valence-corrected chi connectivity index (χ1v) is 10.9. The summed E-state index contributed by atoms with van der Waals surface area (Å²) in [5, 5.41) is 23.8. The summed E-state index contributed by atoms with van der Waals surface area (Å²) in [5.41, 5.74) is 6.24. The van der Waals surface area contributed by atoms with Gasteiger partial charge in [-0.2, -0.15) is 0 Å². The molecule has 0 spiro atoms. The van der Waals surface area contributed by atoms with Crippen molar-refractivity contribution in [1.82, 2.24) is 20.4 Å². The Morgan fingerprint density at radius 3 is 2.64 bits per heavy atom. The van der Waals surface area contributed by atoms with Crippen LogP contribution in [0.3, 0.4) is 0 Å². The maximum atomic E-state index is 12.7. The van der Waals surface area contributed by atoms with E-state index in [1.54, 1.807) is 29.2 Å². The molecule has 33 heavy (non-hydrogen) atoms. The topological polar surface area (TPSA) is 165 Å². The van der Waals surface area contributed by atoms with Crippen molar-refractivity contribution in [1.29, 1.82) is 0 Å². The summed E-state index contributed by atoms with van der Waals surface area (Å²) in [4.78, 5) is 51.6. The molecule has 0 aromatic heterocycles. The molecule has 2 fully saturated rings. The summed E-state index contributed by atoms with van der Waals surface area (Å²) >= 11 is 0. The van der Waals surface area contributed by atoms with Gasteiger partial charge in [0.05, 0.1) is 5.54 Å². The highest BCUT2D eigenvalue weighted by Crippen LogP contribution is 2.22. The Hall–Kier alpha value is -2.96. The van der Waals surface area contributed by atoms with E-state index in [2.05, 4.69) is 10.6 Å². The second-order valence-electron chi connectivity index (χ2n) is 8.73. The number of carbonyl (C=O) groups is 4. The average Bonchev–Trinajstić information content (AvgIpc) is 3.05. The van der Waals surface area contributed by atoms with Crippen LogP contribution in [0.15, 0.2) is 24.3 Å². The highest BCUT2D eigenvalue weighted by atomic mass is 16.4. The van der Waals surface area contributed by atoms with Crippen molar-refractivity contribution < 1.29 is 29.2 Å². The van der Waals surface area contributed by atoms with Crippen LogP contribution in [0.1, 0.15) is 31.7 Å². The molecule has 12 heteroatoms. The minimum absolute atomic E-state index is 0.0755. The minimum atomic E-state index is -1.59. The smallest absolute Gasteiger partial charge is 0.423 e. The Balaban J connectivity index is 1.50. The van der Waals surface area contributed by atoms with E-state index in [0.29, 0.717) is 36.9 Å². The molecule has 2 atom stereocenters. The standard InChI is InChI=1S/C21H30BN5O6/c1-14-9-17(25-13-28)19(30)27(14)12-18(29)26-7-5-21(23,6-8-26)20(31)24-11-15-3-2-4-16(10-15)22(32)33/h2-4,10,13-14,17,32-33H,5-9,11-12,23H2,1H3,(H,24,31)(H,25,28). The molecule has 2 aliphatic heterocycles. The third-order valence-corrected chi connectivity index (χ3v) is 6.43. The molecule has 0 saturated carbocycles. The fourth-order valence-corrected chi connectivity index (χ4v) is 4.29. The first-order valence-electron chi connectivity index (χ1n) is 10.9. The van der Waals surface area contributed by atoms with Gasteiger partial charge >= 0.3 is 7.12 Å². The molecule has 11 nitrogen and oxygen atoms in total. The number of piperidine rings is 1. The average molecular weight is 459 g/mol. The van der Waals surface area contributed by atoms with Crippen molar-refractivity contribution >= 4 is 36.7 Å². The number of hydrogen-bond donors (Lipinski definition) is 5. The molecule has 6 N–H and O–H groups in total. The van der Waals surface area contributed by atoms with Crippen molar-refractivity contribution in [2.24, 2.45) is 5.73 Å². The third kappa shape index (κ3) is 5.70. The van der Waals surface area contributed by atoms with Crippen LogP contribution in [0.5, 0.6) is 0 Å². The van der Waals surface area contributed by atoms with Gasteiger partial charge in [0, 0.05) is 25.7 Å². The number of hydrogen-bond acceptors (Lipinski definition) is 7. The molecule has 2 heterocycles. The maximum absolute atomic E-state index is 12.7. The summed E-state index contributed by atoms with van der Waals surface area (Å²) < 4.78 is 0. The second kappa shape index (κ2) is 10.3. The van der Waals surface area contributed by atoms with Crippen LogP contribution in [0.2, 0.25) is 0 Å². The van der Waals surface area contributed by atoms with Gasteiger partial charge in [-0.3, -0.25) is 19.2 Å². The zero-order valence-corrected chi connectivity index (χ0v) is 18.6. The molecule has 1 aromatic rings. The number of benzene rings is 1. The first kappa shape index (κ1) is 24.7. The van der Waals surface area contributed by atoms with E-state index in [1.165, 1.54) is 4.90 Å². The number of rotatable bonds is 8. The van der Waals surface area contributed by atoms with Gasteiger partial charge in [0.1, 0.15) is 12.6 Å². The molecule has 4 amide bonds. The number of likely N-dealkylation sites (tertiary alicyclic amines) is 2. The van der Waals surface area contributed by atoms with Crippen LogP contribution in [-0.4, -0.2) is 88.4 Å². The maximum Gasteiger partial charge on any atom is 0.488 e. The van der Waals surface area contributed by atoms with Gasteiger partial charge in [0.2, 0.25) is 24.1 Å². The Kier molecular flexibility index (Phi) is 7.72. The number of nitrogens with two attached hydrogens (primary N) is 1. The van der Waals surface area contributed by atoms with E-state index >= 15 is 0 Å². The quantitative estimate of drug-likeness (QED) is 0.205. The number of carbonyl (C=O) groups excluding carboxylic acids is 4. The number of amides is 4. The van der Waals surface area contributed by atoms with Crippen LogP contribution in [0.4, 0.5) is 0 Å². The molecule has 0 bridgehead atoms. The van der Waals surface area contributed by atoms with Crippen molar-refractivity contribution in [3.05, 3.63) is 29.8 Å². The molecule has 2 aliphatic rings. The van der Waals surface area contributed by atoms with Gasteiger partial charge in [0.15, 0.2) is 0 Å². The Morgan fingerprint density at radius 1 is 1.30 bits per heavy atom. The monoisotopic (exact) mass is 459 g/mol. The molecule has 178 valence electrons. The van der Waals surface area contributed by atoms with E-state index in [9.17, 15) is 29.2 Å². The Labute approximate surface area is 192 Å². The molecule has 0 aliphatic carbocycles. The number of nitrogens with one attached hydrogen (secondary N) is 2. The second-order valence-corrected chi connectivity index (χ2v) is 8.73. The normalized spacial score (nSPS) is 22.1. The fourth-order valence-electron chi connectivity index (χ4n) is 4.29. The molecule has 2 unspecified atom stereocenters. The first-order chi connectivity index (χ1) is 15.6. The van der Waals surface area contributed by atoms with Crippen molar-refractivity contribution in [2.45, 2.75) is 50.4 Å². The fraction of sp³-hybridized carbons (Fsp3) is 0.524. The Morgan fingerprint density at radius 2 is 2.00 bits per heavy atom. The van der Waals surface area contributed by atoms with Gasteiger partial charge in [0.25, 0.3) is 0 Å². The predicted molar refractivity (Wildman–Crippen MR) is 120 cm³/mol. The van der Waals surface area contributed by atoms with Crippen LogP contribution in [-0.2, 0) is 25.7 Å². The van der Waals surface area contributed by atoms with Crippen molar-refractivity contribution in [2.75, 3.05) is 19.6 Å². The predicted octanol–water partition coefficient (Wildman–Crippen LogP) is -2.96. The van der Waals surface area contributed by atoms with Gasteiger partial charge in [-0.25, -0.2) is 0 Å². The highest BCUT2D eigenvalue weighted by Gasteiger charge is 2.41. The largest absolute Gasteiger partial charge is 0.488 e. The third-order valence-electron chi connectivity index (χ3n) is 6.43. The van der Waals surface area contributed by atoms with Crippen LogP contribution in [0, 0.1) is 0 Å². The highest BCUT2D eigenvalue weighted by molar-refractivity contribution is 6.58. The lowest BCUT2D eigenvalue weighted by Crippen LogP contribution is -2.60. The van der Waals surface area contributed by atoms with Gasteiger partial charge < -0.3 is 36.2 Å². The van der Waals surface area contributed by atoms with Gasteiger partial charge in [-0.05, 0) is 37.2 Å². The molecular formula is C21H30BN5O6. The zero-order valence-electron chi connectivity index (χ0n) is 18.6. The lowest BCUT2D eigenvalue weighted by Gasteiger charge is -2.38. The lowest BCUT2D eigenvalue weighted by molar-refractivity contribution is -0.142. The Bertz CT molecular complexity index is 905. The van der Waals surface area contributed by atoms with E-state index in [1.807, 2.05) is 6.92 Å². The molecular weight excluding hydrogens is 429 g/mol. The number of nitrogens with zero attached hydrogens (tertiary/aromatic N) is 2. The minimum Gasteiger partial charge on any atom is -0.423 e. The van der Waals surface area contributed by atoms with Crippen LogP contribution >= 0.6 is 0 Å². The van der Waals surface area contributed by atoms with Crippen LogP contribution in [0.25, 0.3) is 0 Å². The van der Waals surface area contributed by atoms with Crippen molar-refractivity contribution in [3.8, 4) is 0 Å². The van der Waals surface area contributed by atoms with Crippen molar-refractivity contribution in [3.63, 3.8) is 0 Å². The van der Waals surface area contributed by atoms with E-state index in [0.717, 1.165) is 0 Å². The van der Waals surface area contributed by atoms with Gasteiger partial charge in [-0.1, -0.05) is 24.3 Å². The summed E-state index contributed by atoms with van der Waals surface area (Å²) in [6.45, 7) is 2.53. The van der Waals surface area contributed by atoms with E-state index in [4.69, 9.17) is 5.73 Å². The summed E-state index contributed by atoms with van der Waals surface area (Å²) in [5.74, 6) is -0.829.